The molecule has 5 heavy (non-hydrogen) atoms. The summed E-state index contributed by atoms with van der Waals surface area (Å²) in [5, 5.41) is 7.97. The Morgan fingerprint density at radius 1 is 1.40 bits per heavy atom. The van der Waals surface area contributed by atoms with Crippen molar-refractivity contribution in [3.05, 3.63) is 5.41 Å². The first-order valence-electron chi connectivity index (χ1n) is 1.22. The monoisotopic (exact) mass is 63.1 g/mol. The predicted molar refractivity (Wildman–Crippen MR) is 19.7 cm³/mol. The molecule has 0 aliphatic rings. The first-order valence-corrected chi connectivity index (χ1v) is 1.22. The third-order valence-corrected chi connectivity index (χ3v) is 0. The molecule has 24 valence electrons. The summed E-state index contributed by atoms with van der Waals surface area (Å²) >= 11 is 0. The zero-order valence-electron chi connectivity index (χ0n) is 3.95. The van der Waals surface area contributed by atoms with Crippen molar-refractivity contribution in [2.75, 3.05) is 0 Å². The molecule has 0 atom stereocenters. The Bertz CT molecular complexity index is 29.9. The second-order valence-electron chi connectivity index (χ2n) is 0.947. The van der Waals surface area contributed by atoms with Gasteiger partial charge in [0, 0.05) is 0 Å². The quantitative estimate of drug-likeness (QED) is 0.230. The average Bonchev–Trinajstić information content (AvgIpc) is 0.811. The van der Waals surface area contributed by atoms with Crippen LogP contribution < -0.4 is 18.9 Å². The Hall–Kier alpha value is 0.267. The molecule has 0 N–H and O–H groups in total. The van der Waals surface area contributed by atoms with Crippen molar-refractivity contribution in [2.24, 2.45) is 0 Å². The predicted octanol–water partition coefficient (Wildman–Crippen LogP) is -1.96. The third-order valence-electron chi connectivity index (χ3n) is 0. The first kappa shape index (κ1) is 8.99. The van der Waals surface area contributed by atoms with E-state index in [0.717, 1.165) is 0 Å². The van der Waals surface area contributed by atoms with E-state index in [1.807, 2.05) is 0 Å². The van der Waals surface area contributed by atoms with Gasteiger partial charge in [-0.15, -0.1) is 0 Å². The van der Waals surface area contributed by atoms with E-state index in [-0.39, 0.29) is 18.9 Å². The fourth-order valence-electron chi connectivity index (χ4n) is 0. The third kappa shape index (κ3) is 307. The number of hydrogen-bond donors (Lipinski definition) is 0. The Labute approximate surface area is 44.5 Å². The molecule has 0 aliphatic heterocycles. The first-order chi connectivity index (χ1) is 1.73. The van der Waals surface area contributed by atoms with Gasteiger partial charge in [0.05, 0.1) is 0 Å². The van der Waals surface area contributed by atoms with E-state index in [4.69, 9.17) is 5.41 Å². The molecule has 0 aromatic rings. The molecule has 0 spiro atoms. The minimum Gasteiger partial charge on any atom is -0.812 e. The maximum Gasteiger partial charge on any atom is 1.00 e. The van der Waals surface area contributed by atoms with Crippen LogP contribution in [0.15, 0.2) is 0 Å². The second kappa shape index (κ2) is 4.27. The van der Waals surface area contributed by atoms with Gasteiger partial charge in [-0.05, 0) is 0 Å². The Morgan fingerprint density at radius 3 is 1.40 bits per heavy atom. The summed E-state index contributed by atoms with van der Waals surface area (Å²) in [5.41, 5.74) is 0.417. The van der Waals surface area contributed by atoms with Crippen molar-refractivity contribution >= 4 is 5.71 Å². The Balaban J connectivity index is 0. The summed E-state index contributed by atoms with van der Waals surface area (Å²) in [4.78, 5) is 0. The van der Waals surface area contributed by atoms with Gasteiger partial charge in [-0.2, -0.15) is 0 Å². The molecule has 0 aromatic heterocycles. The fourth-order valence-corrected chi connectivity index (χ4v) is 0. The van der Waals surface area contributed by atoms with Gasteiger partial charge in [-0.1, -0.05) is 13.8 Å². The van der Waals surface area contributed by atoms with E-state index in [9.17, 15) is 0 Å². The molecular weight excluding hydrogens is 57.0 g/mol. The number of hydrogen-bond acceptors (Lipinski definition) is 0. The van der Waals surface area contributed by atoms with Gasteiger partial charge in [0.25, 0.3) is 0 Å². The Morgan fingerprint density at radius 2 is 1.40 bits per heavy atom. The van der Waals surface area contributed by atoms with Crippen LogP contribution in [-0.2, 0) is 0 Å². The topological polar surface area (TPSA) is 22.3 Å². The molecule has 1 nitrogen and oxygen atoms in total. The smallest absolute Gasteiger partial charge is 0.812 e. The van der Waals surface area contributed by atoms with Crippen LogP contribution >= 0.6 is 0 Å². The molecule has 0 saturated carbocycles. The average molecular weight is 63.0 g/mol. The van der Waals surface area contributed by atoms with E-state index < -0.39 is 0 Å². The van der Waals surface area contributed by atoms with Crippen LogP contribution in [0.1, 0.15) is 13.8 Å². The van der Waals surface area contributed by atoms with Crippen LogP contribution in [0.25, 0.3) is 5.41 Å². The normalized spacial score (nSPS) is 5.20. The van der Waals surface area contributed by atoms with Gasteiger partial charge < -0.3 is 5.41 Å². The number of nitrogens with zero attached hydrogens (tertiary/aromatic N) is 1. The summed E-state index contributed by atoms with van der Waals surface area (Å²) < 4.78 is 0. The fraction of sp³-hybridized carbons (Fsp3) is 0.667. The van der Waals surface area contributed by atoms with Crippen LogP contribution in [0.3, 0.4) is 0 Å². The maximum atomic E-state index is 7.97. The largest absolute Gasteiger partial charge is 1.00 e. The van der Waals surface area contributed by atoms with Crippen LogP contribution in [0, 0.1) is 0 Å². The van der Waals surface area contributed by atoms with Gasteiger partial charge >= 0.3 is 18.9 Å². The molecule has 0 heterocycles. The zero-order valence-corrected chi connectivity index (χ0v) is 3.95. The van der Waals surface area contributed by atoms with E-state index in [1.165, 1.54) is 0 Å². The standard InChI is InChI=1S/C3H6N.Li/c1-3(2)4;/h1-2H3;/q-1;+1. The van der Waals surface area contributed by atoms with Gasteiger partial charge in [0.2, 0.25) is 0 Å². The van der Waals surface area contributed by atoms with Crippen molar-refractivity contribution < 1.29 is 18.9 Å². The molecule has 0 radical (unpaired) electrons. The van der Waals surface area contributed by atoms with Crippen molar-refractivity contribution in [1.82, 2.24) is 0 Å². The number of rotatable bonds is 0. The Kier molecular flexibility index (Phi) is 7.67. The van der Waals surface area contributed by atoms with E-state index in [0.29, 0.717) is 5.71 Å². The molecule has 0 saturated heterocycles. The van der Waals surface area contributed by atoms with Crippen molar-refractivity contribution in [3.63, 3.8) is 0 Å². The van der Waals surface area contributed by atoms with Gasteiger partial charge in [-0.3, -0.25) is 0 Å². The van der Waals surface area contributed by atoms with Crippen LogP contribution in [0.2, 0.25) is 0 Å². The second-order valence-corrected chi connectivity index (χ2v) is 0.947. The maximum absolute atomic E-state index is 7.97. The molecule has 0 bridgehead atoms. The molecule has 0 rings (SSSR count). The van der Waals surface area contributed by atoms with E-state index in [2.05, 4.69) is 0 Å². The zero-order chi connectivity index (χ0) is 3.58. The SMILES string of the molecule is CC(C)=[N-].[Li+]. The van der Waals surface area contributed by atoms with E-state index >= 15 is 0 Å². The van der Waals surface area contributed by atoms with Gasteiger partial charge in [0.1, 0.15) is 0 Å². The van der Waals surface area contributed by atoms with E-state index in [1.54, 1.807) is 13.8 Å². The van der Waals surface area contributed by atoms with Crippen molar-refractivity contribution in [3.8, 4) is 0 Å². The summed E-state index contributed by atoms with van der Waals surface area (Å²) in [6.07, 6.45) is 0. The van der Waals surface area contributed by atoms with Crippen LogP contribution in [-0.4, -0.2) is 5.71 Å². The van der Waals surface area contributed by atoms with Gasteiger partial charge in [0.15, 0.2) is 0 Å². The molecule has 0 aliphatic carbocycles. The molecular formula is C3H6LiN. The summed E-state index contributed by atoms with van der Waals surface area (Å²) in [7, 11) is 0. The summed E-state index contributed by atoms with van der Waals surface area (Å²) in [6.45, 7) is 3.28. The minimum absolute atomic E-state index is 0. The minimum atomic E-state index is 0. The molecule has 0 amide bonds. The van der Waals surface area contributed by atoms with Crippen LogP contribution in [0.4, 0.5) is 0 Å². The van der Waals surface area contributed by atoms with Crippen molar-refractivity contribution in [1.29, 1.82) is 0 Å². The molecule has 0 aromatic carbocycles. The molecule has 2 heteroatoms. The summed E-state index contributed by atoms with van der Waals surface area (Å²) in [5.74, 6) is 0. The van der Waals surface area contributed by atoms with Crippen LogP contribution in [0.5, 0.6) is 0 Å². The molecule has 0 unspecified atom stereocenters. The van der Waals surface area contributed by atoms with Crippen molar-refractivity contribution in [2.45, 2.75) is 13.8 Å². The molecule has 0 fully saturated rings. The summed E-state index contributed by atoms with van der Waals surface area (Å²) in [6, 6.07) is 0. The van der Waals surface area contributed by atoms with Gasteiger partial charge in [-0.25, -0.2) is 5.71 Å².